The molecule has 3 aromatic heterocycles. The van der Waals surface area contributed by atoms with Crippen molar-refractivity contribution in [2.24, 2.45) is 0 Å². The van der Waals surface area contributed by atoms with Crippen LogP contribution in [0.3, 0.4) is 0 Å². The first kappa shape index (κ1) is 15.7. The zero-order chi connectivity index (χ0) is 17.4. The Morgan fingerprint density at radius 3 is 2.84 bits per heavy atom. The van der Waals surface area contributed by atoms with Gasteiger partial charge in [0.1, 0.15) is 16.3 Å². The van der Waals surface area contributed by atoms with Crippen molar-refractivity contribution in [3.63, 3.8) is 0 Å². The van der Waals surface area contributed by atoms with E-state index < -0.39 is 11.6 Å². The number of esters is 1. The molecule has 4 rings (SSSR count). The lowest BCUT2D eigenvalue weighted by Gasteiger charge is -2.03. The highest BCUT2D eigenvalue weighted by molar-refractivity contribution is 7.15. The second-order valence-corrected chi connectivity index (χ2v) is 7.06. The van der Waals surface area contributed by atoms with Gasteiger partial charge in [-0.2, -0.15) is 0 Å². The van der Waals surface area contributed by atoms with Crippen LogP contribution < -0.4 is 10.4 Å². The molecule has 0 unspecified atom stereocenters. The van der Waals surface area contributed by atoms with Crippen LogP contribution in [0, 0.1) is 0 Å². The molecule has 0 bridgehead atoms. The van der Waals surface area contributed by atoms with E-state index in [1.165, 1.54) is 24.3 Å². The Hall–Kier alpha value is -2.77. The van der Waals surface area contributed by atoms with Gasteiger partial charge in [0.2, 0.25) is 0 Å². The highest BCUT2D eigenvalue weighted by Gasteiger charge is 2.14. The fourth-order valence-electron chi connectivity index (χ4n) is 2.41. The first-order valence-corrected chi connectivity index (χ1v) is 9.12. The number of carbonyl (C=O) groups is 1. The van der Waals surface area contributed by atoms with Crippen molar-refractivity contribution in [1.29, 1.82) is 0 Å². The number of benzene rings is 1. The average Bonchev–Trinajstić information content (AvgIpc) is 3.25. The van der Waals surface area contributed by atoms with Gasteiger partial charge in [-0.05, 0) is 29.6 Å². The van der Waals surface area contributed by atoms with E-state index in [2.05, 4.69) is 4.98 Å². The minimum atomic E-state index is -0.473. The van der Waals surface area contributed by atoms with Crippen LogP contribution in [-0.2, 0) is 4.79 Å². The van der Waals surface area contributed by atoms with Crippen LogP contribution in [0.5, 0.6) is 5.75 Å². The maximum Gasteiger partial charge on any atom is 0.346 e. The molecule has 0 aliphatic heterocycles. The molecular formula is C18H11NO4S2. The summed E-state index contributed by atoms with van der Waals surface area (Å²) in [4.78, 5) is 29.0. The number of aromatic nitrogens is 1. The quantitative estimate of drug-likeness (QED) is 0.301. The maximum atomic E-state index is 12.4. The molecule has 0 aliphatic rings. The Morgan fingerprint density at radius 2 is 2.08 bits per heavy atom. The Morgan fingerprint density at radius 1 is 1.20 bits per heavy atom. The molecule has 0 fully saturated rings. The van der Waals surface area contributed by atoms with Gasteiger partial charge in [-0.1, -0.05) is 6.07 Å². The largest absolute Gasteiger partial charge is 0.427 e. The van der Waals surface area contributed by atoms with E-state index in [1.807, 2.05) is 22.9 Å². The van der Waals surface area contributed by atoms with Crippen LogP contribution in [0.1, 0.15) is 6.92 Å². The predicted molar refractivity (Wildman–Crippen MR) is 98.2 cm³/mol. The summed E-state index contributed by atoms with van der Waals surface area (Å²) in [5.74, 6) is -0.0904. The van der Waals surface area contributed by atoms with Crippen molar-refractivity contribution in [1.82, 2.24) is 4.98 Å². The molecule has 4 aromatic rings. The van der Waals surface area contributed by atoms with Gasteiger partial charge in [0, 0.05) is 23.8 Å². The van der Waals surface area contributed by atoms with Gasteiger partial charge >= 0.3 is 11.6 Å². The van der Waals surface area contributed by atoms with E-state index in [0.717, 1.165) is 16.0 Å². The van der Waals surface area contributed by atoms with Crippen LogP contribution >= 0.6 is 22.7 Å². The van der Waals surface area contributed by atoms with Crippen molar-refractivity contribution in [2.45, 2.75) is 6.92 Å². The van der Waals surface area contributed by atoms with E-state index in [-0.39, 0.29) is 0 Å². The third-order valence-electron chi connectivity index (χ3n) is 3.48. The Balaban J connectivity index is 1.76. The monoisotopic (exact) mass is 369 g/mol. The summed E-state index contributed by atoms with van der Waals surface area (Å²) in [6.07, 6.45) is 0. The number of fused-ring (bicyclic) bond motifs is 1. The van der Waals surface area contributed by atoms with Crippen LogP contribution in [0.2, 0.25) is 0 Å². The van der Waals surface area contributed by atoms with Gasteiger partial charge in [0.05, 0.1) is 16.1 Å². The van der Waals surface area contributed by atoms with Gasteiger partial charge in [-0.3, -0.25) is 4.79 Å². The topological polar surface area (TPSA) is 69.4 Å². The number of hydrogen-bond acceptors (Lipinski definition) is 7. The lowest BCUT2D eigenvalue weighted by molar-refractivity contribution is -0.131. The van der Waals surface area contributed by atoms with Gasteiger partial charge in [-0.15, -0.1) is 22.7 Å². The summed E-state index contributed by atoms with van der Waals surface area (Å²) in [7, 11) is 0. The number of nitrogens with zero attached hydrogens (tertiary/aromatic N) is 1. The fourth-order valence-corrected chi connectivity index (χ4v) is 3.99. The highest BCUT2D eigenvalue weighted by Crippen LogP contribution is 2.31. The molecular weight excluding hydrogens is 358 g/mol. The minimum absolute atomic E-state index is 0.338. The number of hydrogen-bond donors (Lipinski definition) is 0. The van der Waals surface area contributed by atoms with Crippen LogP contribution in [0.15, 0.2) is 56.4 Å². The molecule has 7 heteroatoms. The van der Waals surface area contributed by atoms with E-state index in [0.29, 0.717) is 21.9 Å². The zero-order valence-electron chi connectivity index (χ0n) is 13.0. The van der Waals surface area contributed by atoms with Gasteiger partial charge in [0.25, 0.3) is 0 Å². The maximum absolute atomic E-state index is 12.4. The third-order valence-corrected chi connectivity index (χ3v) is 5.25. The number of rotatable bonds is 3. The number of ether oxygens (including phenoxy) is 1. The Kier molecular flexibility index (Phi) is 3.95. The van der Waals surface area contributed by atoms with Crippen LogP contribution in [0.25, 0.3) is 32.1 Å². The van der Waals surface area contributed by atoms with Crippen molar-refractivity contribution in [3.05, 3.63) is 57.6 Å². The molecule has 0 saturated carbocycles. The summed E-state index contributed by atoms with van der Waals surface area (Å²) in [6, 6.07) is 10.6. The van der Waals surface area contributed by atoms with Crippen molar-refractivity contribution >= 4 is 39.6 Å². The van der Waals surface area contributed by atoms with Crippen LogP contribution in [-0.4, -0.2) is 11.0 Å². The summed E-state index contributed by atoms with van der Waals surface area (Å²) < 4.78 is 10.4. The normalized spacial score (nSPS) is 10.9. The summed E-state index contributed by atoms with van der Waals surface area (Å²) >= 11 is 3.00. The Labute approximate surface area is 150 Å². The Bertz CT molecular complexity index is 1130. The van der Waals surface area contributed by atoms with E-state index >= 15 is 0 Å². The molecule has 0 spiro atoms. The molecule has 5 nitrogen and oxygen atoms in total. The van der Waals surface area contributed by atoms with Gasteiger partial charge < -0.3 is 9.15 Å². The second kappa shape index (κ2) is 6.27. The predicted octanol–water partition coefficient (Wildman–Crippen LogP) is 4.57. The molecule has 0 atom stereocenters. The van der Waals surface area contributed by atoms with Gasteiger partial charge in [0.15, 0.2) is 0 Å². The van der Waals surface area contributed by atoms with Crippen molar-refractivity contribution < 1.29 is 13.9 Å². The number of thiophene rings is 1. The van der Waals surface area contributed by atoms with Gasteiger partial charge in [-0.25, -0.2) is 9.78 Å². The van der Waals surface area contributed by atoms with E-state index in [1.54, 1.807) is 29.5 Å². The lowest BCUT2D eigenvalue weighted by Crippen LogP contribution is -2.04. The highest BCUT2D eigenvalue weighted by atomic mass is 32.1. The molecule has 3 heterocycles. The summed E-state index contributed by atoms with van der Waals surface area (Å²) in [6.45, 7) is 1.32. The SMILES string of the molecule is CC(=O)Oc1ccc2cc(-c3nc(-c4cccs4)cs3)c(=O)oc2c1. The standard InChI is InChI=1S/C18H11NO4S2/c1-10(20)22-12-5-4-11-7-13(18(21)23-15(11)8-12)17-19-14(9-25-17)16-3-2-6-24-16/h2-9H,1H3. The molecule has 0 aliphatic carbocycles. The van der Waals surface area contributed by atoms with Crippen LogP contribution in [0.4, 0.5) is 0 Å². The third kappa shape index (κ3) is 3.11. The lowest BCUT2D eigenvalue weighted by atomic mass is 10.2. The van der Waals surface area contributed by atoms with Crippen molar-refractivity contribution in [3.8, 4) is 26.9 Å². The molecule has 0 N–H and O–H groups in total. The molecule has 0 radical (unpaired) electrons. The van der Waals surface area contributed by atoms with E-state index in [4.69, 9.17) is 9.15 Å². The zero-order valence-corrected chi connectivity index (χ0v) is 14.6. The summed E-state index contributed by atoms with van der Waals surface area (Å²) in [5.41, 5.74) is 1.15. The fraction of sp³-hybridized carbons (Fsp3) is 0.0556. The number of thiazole rings is 1. The molecule has 0 saturated heterocycles. The molecule has 25 heavy (non-hydrogen) atoms. The molecule has 0 amide bonds. The smallest absolute Gasteiger partial charge is 0.346 e. The molecule has 1 aromatic carbocycles. The minimum Gasteiger partial charge on any atom is -0.427 e. The first-order chi connectivity index (χ1) is 12.1. The van der Waals surface area contributed by atoms with Crippen molar-refractivity contribution in [2.75, 3.05) is 0 Å². The summed E-state index contributed by atoms with van der Waals surface area (Å²) in [5, 5.41) is 5.26. The molecule has 124 valence electrons. The van der Waals surface area contributed by atoms with E-state index in [9.17, 15) is 9.59 Å². The number of carbonyl (C=O) groups excluding carboxylic acids is 1. The average molecular weight is 369 g/mol. The second-order valence-electron chi connectivity index (χ2n) is 5.26. The first-order valence-electron chi connectivity index (χ1n) is 7.36.